The maximum absolute atomic E-state index is 12.4. The molecule has 1 aliphatic rings. The van der Waals surface area contributed by atoms with Crippen LogP contribution in [0.5, 0.6) is 0 Å². The van der Waals surface area contributed by atoms with Crippen LogP contribution in [0.1, 0.15) is 47.3 Å². The van der Waals surface area contributed by atoms with Gasteiger partial charge in [-0.1, -0.05) is 24.6 Å². The molecular weight excluding hydrogens is 320 g/mol. The molecule has 128 valence electrons. The molecule has 2 amide bonds. The van der Waals surface area contributed by atoms with Crippen molar-refractivity contribution in [2.45, 2.75) is 39.0 Å². The standard InChI is InChI=1S/C19H24N2O2S/c1-14-15-8-4-5-9-16(15)24-18(14)19(23)20-11-7-13-21-12-6-2-3-10-17(21)22/h4-5,8-9H,2-3,6-7,10-13H2,1H3,(H,20,23). The molecular formula is C19H24N2O2S. The van der Waals surface area contributed by atoms with E-state index in [1.165, 1.54) is 0 Å². The number of benzene rings is 1. The van der Waals surface area contributed by atoms with Crippen LogP contribution < -0.4 is 5.32 Å². The summed E-state index contributed by atoms with van der Waals surface area (Å²) in [6.07, 6.45) is 4.73. The first kappa shape index (κ1) is 17.0. The molecule has 0 radical (unpaired) electrons. The van der Waals surface area contributed by atoms with E-state index >= 15 is 0 Å². The van der Waals surface area contributed by atoms with Gasteiger partial charge >= 0.3 is 0 Å². The van der Waals surface area contributed by atoms with Gasteiger partial charge in [-0.25, -0.2) is 0 Å². The number of nitrogens with zero attached hydrogens (tertiary/aromatic N) is 1. The van der Waals surface area contributed by atoms with Gasteiger partial charge in [0, 0.05) is 30.8 Å². The van der Waals surface area contributed by atoms with Crippen molar-refractivity contribution in [3.05, 3.63) is 34.7 Å². The number of carbonyl (C=O) groups excluding carboxylic acids is 2. The number of aryl methyl sites for hydroxylation is 1. The maximum Gasteiger partial charge on any atom is 0.261 e. The van der Waals surface area contributed by atoms with E-state index in [0.717, 1.165) is 59.3 Å². The number of amides is 2. The first-order valence-electron chi connectivity index (χ1n) is 8.71. The van der Waals surface area contributed by atoms with Gasteiger partial charge in [-0.3, -0.25) is 9.59 Å². The molecule has 24 heavy (non-hydrogen) atoms. The van der Waals surface area contributed by atoms with Crippen LogP contribution >= 0.6 is 11.3 Å². The first-order chi connectivity index (χ1) is 11.7. The Morgan fingerprint density at radius 3 is 2.92 bits per heavy atom. The number of fused-ring (bicyclic) bond motifs is 1. The van der Waals surface area contributed by atoms with Crippen molar-refractivity contribution in [2.75, 3.05) is 19.6 Å². The van der Waals surface area contributed by atoms with E-state index in [9.17, 15) is 9.59 Å². The van der Waals surface area contributed by atoms with Crippen molar-refractivity contribution in [3.63, 3.8) is 0 Å². The van der Waals surface area contributed by atoms with E-state index in [4.69, 9.17) is 0 Å². The lowest BCUT2D eigenvalue weighted by Gasteiger charge is -2.20. The zero-order valence-corrected chi connectivity index (χ0v) is 15.0. The van der Waals surface area contributed by atoms with Gasteiger partial charge in [0.15, 0.2) is 0 Å². The summed E-state index contributed by atoms with van der Waals surface area (Å²) < 4.78 is 1.15. The average Bonchev–Trinajstić information content (AvgIpc) is 2.79. The number of rotatable bonds is 5. The van der Waals surface area contributed by atoms with Crippen molar-refractivity contribution < 1.29 is 9.59 Å². The summed E-state index contributed by atoms with van der Waals surface area (Å²) in [6, 6.07) is 8.11. The maximum atomic E-state index is 12.4. The third kappa shape index (κ3) is 3.78. The number of carbonyl (C=O) groups is 2. The highest BCUT2D eigenvalue weighted by Crippen LogP contribution is 2.30. The molecule has 1 N–H and O–H groups in total. The number of likely N-dealkylation sites (tertiary alicyclic amines) is 1. The minimum absolute atomic E-state index is 0.00380. The number of nitrogens with one attached hydrogen (secondary N) is 1. The smallest absolute Gasteiger partial charge is 0.261 e. The van der Waals surface area contributed by atoms with Crippen LogP contribution in [0, 0.1) is 6.92 Å². The van der Waals surface area contributed by atoms with Gasteiger partial charge in [0.2, 0.25) is 5.91 Å². The Bertz CT molecular complexity index is 738. The Morgan fingerprint density at radius 1 is 1.25 bits per heavy atom. The highest BCUT2D eigenvalue weighted by atomic mass is 32.1. The quantitative estimate of drug-likeness (QED) is 0.840. The molecule has 0 aliphatic carbocycles. The minimum Gasteiger partial charge on any atom is -0.351 e. The molecule has 3 rings (SSSR count). The van der Waals surface area contributed by atoms with Gasteiger partial charge in [-0.2, -0.15) is 0 Å². The van der Waals surface area contributed by atoms with Gasteiger partial charge < -0.3 is 10.2 Å². The van der Waals surface area contributed by atoms with Crippen LogP contribution in [0.2, 0.25) is 0 Å². The number of thiophene rings is 1. The minimum atomic E-state index is -0.00380. The van der Waals surface area contributed by atoms with E-state index in [0.29, 0.717) is 13.0 Å². The van der Waals surface area contributed by atoms with E-state index < -0.39 is 0 Å². The Morgan fingerprint density at radius 2 is 2.08 bits per heavy atom. The monoisotopic (exact) mass is 344 g/mol. The summed E-state index contributed by atoms with van der Waals surface area (Å²) in [6.45, 7) is 4.21. The molecule has 1 aromatic carbocycles. The fraction of sp³-hybridized carbons (Fsp3) is 0.474. The molecule has 2 aromatic rings. The predicted molar refractivity (Wildman–Crippen MR) is 98.6 cm³/mol. The molecule has 4 nitrogen and oxygen atoms in total. The van der Waals surface area contributed by atoms with E-state index in [1.807, 2.05) is 24.0 Å². The second-order valence-corrected chi connectivity index (χ2v) is 7.41. The summed E-state index contributed by atoms with van der Waals surface area (Å²) in [4.78, 5) is 27.1. The number of hydrogen-bond donors (Lipinski definition) is 1. The van der Waals surface area contributed by atoms with Gasteiger partial charge in [0.1, 0.15) is 0 Å². The SMILES string of the molecule is Cc1c(C(=O)NCCCN2CCCCCC2=O)sc2ccccc12. The van der Waals surface area contributed by atoms with Crippen LogP contribution in [0.4, 0.5) is 0 Å². The summed E-state index contributed by atoms with van der Waals surface area (Å²) in [5, 5.41) is 4.16. The van der Waals surface area contributed by atoms with Gasteiger partial charge in [0.05, 0.1) is 4.88 Å². The molecule has 0 bridgehead atoms. The molecule has 2 heterocycles. The normalized spacial score (nSPS) is 15.5. The highest BCUT2D eigenvalue weighted by molar-refractivity contribution is 7.21. The molecule has 0 saturated carbocycles. The van der Waals surface area contributed by atoms with Crippen LogP contribution in [0.25, 0.3) is 10.1 Å². The molecule has 1 fully saturated rings. The Kier molecular flexibility index (Phi) is 5.51. The van der Waals surface area contributed by atoms with Gasteiger partial charge in [-0.05, 0) is 43.2 Å². The summed E-state index contributed by atoms with van der Waals surface area (Å²) >= 11 is 1.54. The lowest BCUT2D eigenvalue weighted by Crippen LogP contribution is -2.33. The zero-order valence-electron chi connectivity index (χ0n) is 14.1. The largest absolute Gasteiger partial charge is 0.351 e. The first-order valence-corrected chi connectivity index (χ1v) is 9.52. The van der Waals surface area contributed by atoms with Crippen molar-refractivity contribution in [1.29, 1.82) is 0 Å². The molecule has 1 saturated heterocycles. The van der Waals surface area contributed by atoms with Crippen LogP contribution in [0.15, 0.2) is 24.3 Å². The topological polar surface area (TPSA) is 49.4 Å². The second kappa shape index (κ2) is 7.79. The summed E-state index contributed by atoms with van der Waals surface area (Å²) in [5.41, 5.74) is 1.05. The average molecular weight is 344 g/mol. The zero-order chi connectivity index (χ0) is 16.9. The lowest BCUT2D eigenvalue weighted by atomic mass is 10.1. The van der Waals surface area contributed by atoms with E-state index in [2.05, 4.69) is 17.4 Å². The van der Waals surface area contributed by atoms with Crippen molar-refractivity contribution in [1.82, 2.24) is 10.2 Å². The Balaban J connectivity index is 1.51. The highest BCUT2D eigenvalue weighted by Gasteiger charge is 2.17. The third-order valence-electron chi connectivity index (χ3n) is 4.61. The second-order valence-electron chi connectivity index (χ2n) is 6.35. The molecule has 0 unspecified atom stereocenters. The predicted octanol–water partition coefficient (Wildman–Crippen LogP) is 3.73. The Hall–Kier alpha value is -1.88. The van der Waals surface area contributed by atoms with Crippen molar-refractivity contribution in [2.24, 2.45) is 0 Å². The number of hydrogen-bond acceptors (Lipinski definition) is 3. The van der Waals surface area contributed by atoms with Crippen LogP contribution in [-0.4, -0.2) is 36.3 Å². The van der Waals surface area contributed by atoms with Crippen molar-refractivity contribution in [3.8, 4) is 0 Å². The lowest BCUT2D eigenvalue weighted by molar-refractivity contribution is -0.130. The molecule has 0 spiro atoms. The fourth-order valence-electron chi connectivity index (χ4n) is 3.22. The molecule has 0 atom stereocenters. The third-order valence-corrected chi connectivity index (χ3v) is 5.88. The summed E-state index contributed by atoms with van der Waals surface area (Å²) in [5.74, 6) is 0.259. The van der Waals surface area contributed by atoms with Gasteiger partial charge in [-0.15, -0.1) is 11.3 Å². The fourth-order valence-corrected chi connectivity index (χ4v) is 4.34. The van der Waals surface area contributed by atoms with E-state index in [-0.39, 0.29) is 11.8 Å². The molecule has 5 heteroatoms. The molecule has 1 aliphatic heterocycles. The van der Waals surface area contributed by atoms with Crippen LogP contribution in [0.3, 0.4) is 0 Å². The summed E-state index contributed by atoms with van der Waals surface area (Å²) in [7, 11) is 0. The Labute approximate surface area is 146 Å². The van der Waals surface area contributed by atoms with Gasteiger partial charge in [0.25, 0.3) is 5.91 Å². The van der Waals surface area contributed by atoms with Crippen molar-refractivity contribution >= 4 is 33.2 Å². The van der Waals surface area contributed by atoms with Crippen LogP contribution in [-0.2, 0) is 4.79 Å². The van der Waals surface area contributed by atoms with E-state index in [1.54, 1.807) is 11.3 Å². The molecule has 1 aromatic heterocycles.